The minimum atomic E-state index is -3.55. The molecule has 33 heavy (non-hydrogen) atoms. The first-order chi connectivity index (χ1) is 15.7. The molecule has 178 valence electrons. The highest BCUT2D eigenvalue weighted by atomic mass is 79.9. The third kappa shape index (κ3) is 6.32. The van der Waals surface area contributed by atoms with Crippen molar-refractivity contribution in [3.63, 3.8) is 0 Å². The number of nitrogens with one attached hydrogen (secondary N) is 1. The minimum Gasteiger partial charge on any atom is -0.493 e. The van der Waals surface area contributed by atoms with Gasteiger partial charge in [0, 0.05) is 36.2 Å². The van der Waals surface area contributed by atoms with E-state index in [-0.39, 0.29) is 17.3 Å². The van der Waals surface area contributed by atoms with Gasteiger partial charge in [-0.05, 0) is 49.4 Å². The van der Waals surface area contributed by atoms with E-state index >= 15 is 0 Å². The lowest BCUT2D eigenvalue weighted by Gasteiger charge is -2.33. The second kappa shape index (κ2) is 11.1. The lowest BCUT2D eigenvalue weighted by molar-refractivity contribution is -0.122. The van der Waals surface area contributed by atoms with Crippen LogP contribution >= 0.6 is 15.9 Å². The quantitative estimate of drug-likeness (QED) is 0.408. The Morgan fingerprint density at radius 1 is 1.03 bits per heavy atom. The molecule has 0 bridgehead atoms. The Hall–Kier alpha value is -2.47. The zero-order valence-corrected chi connectivity index (χ0v) is 21.1. The summed E-state index contributed by atoms with van der Waals surface area (Å²) in [5.41, 5.74) is 3.98. The number of carbonyl (C=O) groups is 1. The summed E-state index contributed by atoms with van der Waals surface area (Å²) in [5.74, 6) is 0.922. The maximum Gasteiger partial charge on any atom is 0.254 e. The Labute approximate surface area is 202 Å². The van der Waals surface area contributed by atoms with Crippen molar-refractivity contribution in [3.05, 3.63) is 52.5 Å². The topological polar surface area (TPSA) is 101 Å². The van der Waals surface area contributed by atoms with Crippen molar-refractivity contribution >= 4 is 37.6 Å². The highest BCUT2D eigenvalue weighted by molar-refractivity contribution is 9.10. The fraction of sp³-hybridized carbons (Fsp3) is 0.364. The molecular weight excluding hydrogens is 512 g/mol. The lowest BCUT2D eigenvalue weighted by atomic mass is 10.1. The molecule has 0 radical (unpaired) electrons. The van der Waals surface area contributed by atoms with Gasteiger partial charge in [-0.3, -0.25) is 9.69 Å². The zero-order chi connectivity index (χ0) is 24.0. The Morgan fingerprint density at radius 3 is 2.27 bits per heavy atom. The Bertz CT molecular complexity index is 1110. The van der Waals surface area contributed by atoms with Crippen LogP contribution in [-0.4, -0.2) is 76.2 Å². The number of methoxy groups -OCH3 is 2. The molecule has 1 N–H and O–H groups in total. The van der Waals surface area contributed by atoms with Gasteiger partial charge in [0.2, 0.25) is 10.0 Å². The van der Waals surface area contributed by atoms with Crippen LogP contribution in [-0.2, 0) is 14.8 Å². The second-order valence-corrected chi connectivity index (χ2v) is 10.3. The molecule has 1 heterocycles. The van der Waals surface area contributed by atoms with Crippen LogP contribution in [0, 0.1) is 0 Å². The van der Waals surface area contributed by atoms with Gasteiger partial charge < -0.3 is 9.47 Å². The van der Waals surface area contributed by atoms with Gasteiger partial charge in [0.05, 0.1) is 31.4 Å². The maximum absolute atomic E-state index is 12.8. The van der Waals surface area contributed by atoms with Crippen molar-refractivity contribution in [2.45, 2.75) is 11.8 Å². The number of piperazine rings is 1. The van der Waals surface area contributed by atoms with Crippen molar-refractivity contribution < 1.29 is 22.7 Å². The first-order valence-electron chi connectivity index (χ1n) is 10.3. The fourth-order valence-corrected chi connectivity index (χ4v) is 5.08. The van der Waals surface area contributed by atoms with Crippen molar-refractivity contribution in [3.8, 4) is 11.5 Å². The van der Waals surface area contributed by atoms with Crippen LogP contribution in [0.3, 0.4) is 0 Å². The van der Waals surface area contributed by atoms with Crippen LogP contribution in [0.25, 0.3) is 0 Å². The molecule has 0 unspecified atom stereocenters. The number of carbonyl (C=O) groups excluding carboxylic acids is 1. The van der Waals surface area contributed by atoms with Gasteiger partial charge in [0.25, 0.3) is 5.91 Å². The van der Waals surface area contributed by atoms with Gasteiger partial charge >= 0.3 is 0 Å². The highest BCUT2D eigenvalue weighted by Gasteiger charge is 2.29. The van der Waals surface area contributed by atoms with Crippen molar-refractivity contribution in [1.29, 1.82) is 0 Å². The molecule has 1 aliphatic heterocycles. The standard InChI is InChI=1S/C22H27BrN4O5S/c1-16(17-4-9-20(31-2)21(14-17)32-3)24-25-22(28)15-26-10-12-27(13-11-26)33(29,30)19-7-5-18(23)6-8-19/h4-9,14H,10-13,15H2,1-3H3,(H,25,28). The summed E-state index contributed by atoms with van der Waals surface area (Å²) in [4.78, 5) is 14.5. The molecule has 3 rings (SSSR count). The summed E-state index contributed by atoms with van der Waals surface area (Å²) in [7, 11) is -0.430. The maximum atomic E-state index is 12.8. The number of halogens is 1. The van der Waals surface area contributed by atoms with Crippen molar-refractivity contribution in [1.82, 2.24) is 14.6 Å². The van der Waals surface area contributed by atoms with E-state index in [1.54, 1.807) is 57.5 Å². The van der Waals surface area contributed by atoms with Gasteiger partial charge in [0.1, 0.15) is 0 Å². The average molecular weight is 539 g/mol. The number of nitrogens with zero attached hydrogens (tertiary/aromatic N) is 3. The van der Waals surface area contributed by atoms with Crippen LogP contribution in [0.2, 0.25) is 0 Å². The number of hydrogen-bond acceptors (Lipinski definition) is 7. The van der Waals surface area contributed by atoms with Crippen LogP contribution < -0.4 is 14.9 Å². The number of rotatable bonds is 8. The number of hydrogen-bond donors (Lipinski definition) is 1. The molecule has 1 aliphatic rings. The number of ether oxygens (including phenoxy) is 2. The molecule has 0 atom stereocenters. The summed E-state index contributed by atoms with van der Waals surface area (Å²) < 4.78 is 38.4. The smallest absolute Gasteiger partial charge is 0.254 e. The van der Waals surface area contributed by atoms with Crippen molar-refractivity contribution in [2.75, 3.05) is 46.9 Å². The normalized spacial score (nSPS) is 15.8. The number of benzene rings is 2. The molecule has 0 aromatic heterocycles. The molecule has 1 amide bonds. The van der Waals surface area contributed by atoms with Crippen LogP contribution in [0.15, 0.2) is 56.9 Å². The third-order valence-corrected chi connectivity index (χ3v) is 7.74. The summed E-state index contributed by atoms with van der Waals surface area (Å²) in [6, 6.07) is 12.0. The molecular formula is C22H27BrN4O5S. The monoisotopic (exact) mass is 538 g/mol. The van der Waals surface area contributed by atoms with Gasteiger partial charge in [-0.15, -0.1) is 0 Å². The minimum absolute atomic E-state index is 0.134. The molecule has 0 spiro atoms. The molecule has 11 heteroatoms. The van der Waals surface area contributed by atoms with Gasteiger partial charge in [-0.25, -0.2) is 13.8 Å². The first kappa shape index (κ1) is 25.2. The van der Waals surface area contributed by atoms with Crippen molar-refractivity contribution in [2.24, 2.45) is 5.10 Å². The molecule has 9 nitrogen and oxygen atoms in total. The van der Waals surface area contributed by atoms with E-state index in [9.17, 15) is 13.2 Å². The van der Waals surface area contributed by atoms with Gasteiger partial charge in [-0.2, -0.15) is 9.41 Å². The zero-order valence-electron chi connectivity index (χ0n) is 18.7. The highest BCUT2D eigenvalue weighted by Crippen LogP contribution is 2.27. The summed E-state index contributed by atoms with van der Waals surface area (Å²) in [6.07, 6.45) is 0. The van der Waals surface area contributed by atoms with E-state index in [1.807, 2.05) is 11.0 Å². The SMILES string of the molecule is COc1ccc(C(C)=NNC(=O)CN2CCN(S(=O)(=O)c3ccc(Br)cc3)CC2)cc1OC. The largest absolute Gasteiger partial charge is 0.493 e. The van der Waals surface area contributed by atoms with Gasteiger partial charge in [0.15, 0.2) is 11.5 Å². The molecule has 1 fully saturated rings. The predicted octanol–water partition coefficient (Wildman–Crippen LogP) is 2.31. The molecule has 0 aliphatic carbocycles. The second-order valence-electron chi connectivity index (χ2n) is 7.44. The van der Waals surface area contributed by atoms with E-state index in [1.165, 1.54) is 4.31 Å². The van der Waals surface area contributed by atoms with Crippen LogP contribution in [0.5, 0.6) is 11.5 Å². The number of amides is 1. The average Bonchev–Trinajstić information content (AvgIpc) is 2.82. The van der Waals surface area contributed by atoms with E-state index < -0.39 is 10.0 Å². The first-order valence-corrected chi connectivity index (χ1v) is 12.5. The molecule has 0 saturated carbocycles. The van der Waals surface area contributed by atoms with E-state index in [4.69, 9.17) is 9.47 Å². The van der Waals surface area contributed by atoms with E-state index in [2.05, 4.69) is 26.5 Å². The Balaban J connectivity index is 1.52. The molecule has 2 aromatic carbocycles. The molecule has 1 saturated heterocycles. The van der Waals surface area contributed by atoms with Crippen LogP contribution in [0.1, 0.15) is 12.5 Å². The van der Waals surface area contributed by atoms with Crippen LogP contribution in [0.4, 0.5) is 0 Å². The predicted molar refractivity (Wildman–Crippen MR) is 129 cm³/mol. The lowest BCUT2D eigenvalue weighted by Crippen LogP contribution is -2.50. The number of hydrazone groups is 1. The summed E-state index contributed by atoms with van der Waals surface area (Å²) >= 11 is 3.31. The number of sulfonamides is 1. The van der Waals surface area contributed by atoms with E-state index in [0.717, 1.165) is 10.0 Å². The fourth-order valence-electron chi connectivity index (χ4n) is 3.39. The summed E-state index contributed by atoms with van der Waals surface area (Å²) in [6.45, 7) is 3.48. The Morgan fingerprint density at radius 2 is 1.67 bits per heavy atom. The Kier molecular flexibility index (Phi) is 8.46. The molecule has 2 aromatic rings. The van der Waals surface area contributed by atoms with E-state index in [0.29, 0.717) is 43.4 Å². The van der Waals surface area contributed by atoms with Gasteiger partial charge in [-0.1, -0.05) is 15.9 Å². The summed E-state index contributed by atoms with van der Waals surface area (Å²) in [5, 5.41) is 4.18. The third-order valence-electron chi connectivity index (χ3n) is 5.30.